The van der Waals surface area contributed by atoms with Gasteiger partial charge in [0.05, 0.1) is 5.56 Å². The number of carboxylic acids is 1. The molecular weight excluding hydrogens is 350 g/mol. The molecule has 0 unspecified atom stereocenters. The number of aryl methyl sites for hydroxylation is 1. The van der Waals surface area contributed by atoms with E-state index in [1.54, 1.807) is 24.3 Å². The zero-order chi connectivity index (χ0) is 18.1. The second-order valence-electron chi connectivity index (χ2n) is 6.19. The molecule has 0 bridgehead atoms. The van der Waals surface area contributed by atoms with Crippen LogP contribution in [0.3, 0.4) is 0 Å². The Balaban J connectivity index is 1.72. The van der Waals surface area contributed by atoms with E-state index in [2.05, 4.69) is 5.32 Å². The number of aromatic carboxylic acids is 1. The number of fused-ring (bicyclic) bond motifs is 1. The number of nitrogens with one attached hydrogen (secondary N) is 1. The zero-order valence-electron chi connectivity index (χ0n) is 13.9. The van der Waals surface area contributed by atoms with Crippen molar-refractivity contribution in [2.75, 3.05) is 5.32 Å². The fraction of sp³-hybridized carbons (Fsp3) is 0.150. The van der Waals surface area contributed by atoms with Crippen LogP contribution >= 0.6 is 11.6 Å². The topological polar surface area (TPSA) is 75.1 Å². The molecule has 0 saturated carbocycles. The second kappa shape index (κ2) is 6.77. The molecule has 26 heavy (non-hydrogen) atoms. The normalized spacial score (nSPS) is 12.7. The van der Waals surface area contributed by atoms with Crippen molar-refractivity contribution in [3.05, 3.63) is 70.4 Å². The number of halogens is 1. The second-order valence-corrected chi connectivity index (χ2v) is 6.63. The van der Waals surface area contributed by atoms with Crippen LogP contribution in [0, 0.1) is 0 Å². The summed E-state index contributed by atoms with van der Waals surface area (Å²) in [6.07, 6.45) is 2.91. The van der Waals surface area contributed by atoms with Gasteiger partial charge >= 0.3 is 5.97 Å². The van der Waals surface area contributed by atoms with Crippen LogP contribution < -0.4 is 5.32 Å². The maximum atomic E-state index is 11.0. The lowest BCUT2D eigenvalue weighted by atomic mass is 10.1. The molecule has 2 N–H and O–H groups in total. The number of aromatic nitrogens is 2. The monoisotopic (exact) mass is 365 g/mol. The Morgan fingerprint density at radius 1 is 1.08 bits per heavy atom. The summed E-state index contributed by atoms with van der Waals surface area (Å²) in [4.78, 5) is 20.4. The molecule has 1 aliphatic carbocycles. The van der Waals surface area contributed by atoms with E-state index in [-0.39, 0.29) is 5.56 Å². The summed E-state index contributed by atoms with van der Waals surface area (Å²) in [5.41, 5.74) is 4.09. The van der Waals surface area contributed by atoms with E-state index in [4.69, 9.17) is 26.7 Å². The van der Waals surface area contributed by atoms with Crippen molar-refractivity contribution >= 4 is 29.1 Å². The minimum atomic E-state index is -0.942. The first-order valence-electron chi connectivity index (χ1n) is 8.36. The first-order chi connectivity index (χ1) is 12.6. The van der Waals surface area contributed by atoms with Crippen molar-refractivity contribution in [3.63, 3.8) is 0 Å². The van der Waals surface area contributed by atoms with Gasteiger partial charge in [-0.25, -0.2) is 14.8 Å². The Bertz CT molecular complexity index is 987. The zero-order valence-corrected chi connectivity index (χ0v) is 14.6. The Morgan fingerprint density at radius 2 is 1.88 bits per heavy atom. The Kier molecular flexibility index (Phi) is 4.31. The van der Waals surface area contributed by atoms with Gasteiger partial charge in [-0.2, -0.15) is 0 Å². The highest BCUT2D eigenvalue weighted by Gasteiger charge is 2.20. The van der Waals surface area contributed by atoms with Gasteiger partial charge in [0.2, 0.25) is 0 Å². The highest BCUT2D eigenvalue weighted by molar-refractivity contribution is 6.30. The Labute approximate surface area is 155 Å². The van der Waals surface area contributed by atoms with Gasteiger partial charge in [-0.3, -0.25) is 0 Å². The van der Waals surface area contributed by atoms with Crippen LogP contribution in [0.15, 0.2) is 48.5 Å². The van der Waals surface area contributed by atoms with Crippen molar-refractivity contribution < 1.29 is 9.90 Å². The van der Waals surface area contributed by atoms with Gasteiger partial charge in [0, 0.05) is 27.5 Å². The summed E-state index contributed by atoms with van der Waals surface area (Å²) in [5.74, 6) is 0.464. The molecule has 5 nitrogen and oxygen atoms in total. The lowest BCUT2D eigenvalue weighted by molar-refractivity contribution is 0.0697. The molecule has 0 spiro atoms. The number of carboxylic acid groups (broad SMARTS) is 1. The van der Waals surface area contributed by atoms with Crippen LogP contribution in [0.1, 0.15) is 28.0 Å². The molecule has 0 aliphatic heterocycles. The smallest absolute Gasteiger partial charge is 0.335 e. The van der Waals surface area contributed by atoms with Crippen molar-refractivity contribution in [3.8, 4) is 11.4 Å². The van der Waals surface area contributed by atoms with Crippen LogP contribution in [0.25, 0.3) is 11.4 Å². The average molecular weight is 366 g/mol. The maximum absolute atomic E-state index is 11.0. The lowest BCUT2D eigenvalue weighted by Crippen LogP contribution is -2.04. The average Bonchev–Trinajstić information content (AvgIpc) is 3.11. The molecule has 6 heteroatoms. The largest absolute Gasteiger partial charge is 0.478 e. The van der Waals surface area contributed by atoms with Crippen molar-refractivity contribution in [2.24, 2.45) is 0 Å². The van der Waals surface area contributed by atoms with E-state index in [1.165, 1.54) is 0 Å². The highest BCUT2D eigenvalue weighted by atomic mass is 35.5. The summed E-state index contributed by atoms with van der Waals surface area (Å²) >= 11 is 6.10. The third-order valence-corrected chi connectivity index (χ3v) is 4.65. The predicted molar refractivity (Wildman–Crippen MR) is 101 cm³/mol. The summed E-state index contributed by atoms with van der Waals surface area (Å²) in [7, 11) is 0. The Morgan fingerprint density at radius 3 is 2.62 bits per heavy atom. The molecule has 1 aliphatic rings. The van der Waals surface area contributed by atoms with Crippen molar-refractivity contribution in [1.29, 1.82) is 0 Å². The molecule has 0 saturated heterocycles. The fourth-order valence-corrected chi connectivity index (χ4v) is 3.32. The third kappa shape index (κ3) is 3.26. The van der Waals surface area contributed by atoms with Gasteiger partial charge in [0.25, 0.3) is 0 Å². The van der Waals surface area contributed by atoms with E-state index in [0.29, 0.717) is 10.8 Å². The van der Waals surface area contributed by atoms with Crippen molar-refractivity contribution in [2.45, 2.75) is 19.3 Å². The number of hydrogen-bond acceptors (Lipinski definition) is 4. The lowest BCUT2D eigenvalue weighted by Gasteiger charge is -2.13. The van der Waals surface area contributed by atoms with Gasteiger partial charge in [-0.1, -0.05) is 23.7 Å². The number of nitrogens with zero attached hydrogens (tertiary/aromatic N) is 2. The van der Waals surface area contributed by atoms with Crippen LogP contribution in [0.2, 0.25) is 5.02 Å². The van der Waals surface area contributed by atoms with Gasteiger partial charge in [-0.05, 0) is 55.7 Å². The number of rotatable bonds is 4. The SMILES string of the molecule is O=C(O)c1ccc(Nc2nc(-c3cccc(Cl)c3)nc3c2CCC3)cc1. The third-order valence-electron chi connectivity index (χ3n) is 4.41. The highest BCUT2D eigenvalue weighted by Crippen LogP contribution is 2.31. The molecule has 0 amide bonds. The molecule has 2 aromatic carbocycles. The predicted octanol–water partition coefficient (Wildman–Crippen LogP) is 4.73. The summed E-state index contributed by atoms with van der Waals surface area (Å²) in [6, 6.07) is 14.1. The molecule has 1 heterocycles. The summed E-state index contributed by atoms with van der Waals surface area (Å²) < 4.78 is 0. The van der Waals surface area contributed by atoms with E-state index in [9.17, 15) is 4.79 Å². The van der Waals surface area contributed by atoms with Gasteiger partial charge < -0.3 is 10.4 Å². The molecule has 0 radical (unpaired) electrons. The minimum absolute atomic E-state index is 0.253. The first-order valence-corrected chi connectivity index (χ1v) is 8.74. The quantitative estimate of drug-likeness (QED) is 0.699. The van der Waals surface area contributed by atoms with E-state index >= 15 is 0 Å². The van der Waals surface area contributed by atoms with Gasteiger partial charge in [0.15, 0.2) is 5.82 Å². The van der Waals surface area contributed by atoms with Gasteiger partial charge in [-0.15, -0.1) is 0 Å². The molecule has 4 rings (SSSR count). The molecule has 0 atom stereocenters. The van der Waals surface area contributed by atoms with Gasteiger partial charge in [0.1, 0.15) is 5.82 Å². The fourth-order valence-electron chi connectivity index (χ4n) is 3.13. The molecular formula is C20H16ClN3O2. The van der Waals surface area contributed by atoms with E-state index in [1.807, 2.05) is 24.3 Å². The number of benzene rings is 2. The molecule has 1 aromatic heterocycles. The van der Waals surface area contributed by atoms with Crippen LogP contribution in [-0.4, -0.2) is 21.0 Å². The summed E-state index contributed by atoms with van der Waals surface area (Å²) in [6.45, 7) is 0. The molecule has 130 valence electrons. The number of anilines is 2. The van der Waals surface area contributed by atoms with Crippen LogP contribution in [0.4, 0.5) is 11.5 Å². The van der Waals surface area contributed by atoms with Crippen LogP contribution in [0.5, 0.6) is 0 Å². The molecule has 0 fully saturated rings. The van der Waals surface area contributed by atoms with E-state index in [0.717, 1.165) is 47.6 Å². The first kappa shape index (κ1) is 16.5. The Hall–Kier alpha value is -2.92. The maximum Gasteiger partial charge on any atom is 0.335 e. The number of hydrogen-bond donors (Lipinski definition) is 2. The minimum Gasteiger partial charge on any atom is -0.478 e. The van der Waals surface area contributed by atoms with E-state index < -0.39 is 5.97 Å². The standard InChI is InChI=1S/C20H16ClN3O2/c21-14-4-1-3-13(11-14)18-23-17-6-2-5-16(17)19(24-18)22-15-9-7-12(8-10-15)20(25)26/h1,3-4,7-11H,2,5-6H2,(H,25,26)(H,22,23,24). The molecule has 3 aromatic rings. The van der Waals surface area contributed by atoms with Crippen LogP contribution in [-0.2, 0) is 12.8 Å². The number of carbonyl (C=O) groups is 1. The van der Waals surface area contributed by atoms with Crippen molar-refractivity contribution in [1.82, 2.24) is 9.97 Å². The summed E-state index contributed by atoms with van der Waals surface area (Å²) in [5, 5.41) is 13.0.